The van der Waals surface area contributed by atoms with E-state index in [0.717, 1.165) is 0 Å². The monoisotopic (exact) mass is 266 g/mol. The molecule has 0 fully saturated rings. The SMILES string of the molecule is COC(=O)CNC(=O)NC(C(=O)O)c1ccccc1. The number of ether oxygens (including phenoxy) is 1. The molecule has 7 heteroatoms. The number of rotatable bonds is 5. The van der Waals surface area contributed by atoms with Crippen LogP contribution >= 0.6 is 0 Å². The number of esters is 1. The van der Waals surface area contributed by atoms with E-state index in [9.17, 15) is 14.4 Å². The summed E-state index contributed by atoms with van der Waals surface area (Å²) in [5, 5.41) is 13.5. The molecular weight excluding hydrogens is 252 g/mol. The Kier molecular flexibility index (Phi) is 5.34. The number of hydrogen-bond acceptors (Lipinski definition) is 4. The zero-order valence-corrected chi connectivity index (χ0v) is 10.3. The van der Waals surface area contributed by atoms with Crippen LogP contribution in [0.2, 0.25) is 0 Å². The van der Waals surface area contributed by atoms with Gasteiger partial charge in [0.25, 0.3) is 0 Å². The first kappa shape index (κ1) is 14.5. The summed E-state index contributed by atoms with van der Waals surface area (Å²) in [4.78, 5) is 33.4. The molecule has 0 bridgehead atoms. The van der Waals surface area contributed by atoms with Crippen molar-refractivity contribution < 1.29 is 24.2 Å². The highest BCUT2D eigenvalue weighted by Gasteiger charge is 2.21. The highest BCUT2D eigenvalue weighted by molar-refractivity contribution is 5.85. The van der Waals surface area contributed by atoms with Crippen molar-refractivity contribution in [2.45, 2.75) is 6.04 Å². The summed E-state index contributed by atoms with van der Waals surface area (Å²) < 4.78 is 4.34. The highest BCUT2D eigenvalue weighted by atomic mass is 16.5. The second kappa shape index (κ2) is 7.00. The third-order valence-electron chi connectivity index (χ3n) is 2.28. The fraction of sp³-hybridized carbons (Fsp3) is 0.250. The number of methoxy groups -OCH3 is 1. The summed E-state index contributed by atoms with van der Waals surface area (Å²) in [7, 11) is 1.19. The molecule has 0 aromatic heterocycles. The van der Waals surface area contributed by atoms with Gasteiger partial charge in [-0.05, 0) is 5.56 Å². The number of amides is 2. The van der Waals surface area contributed by atoms with E-state index in [-0.39, 0.29) is 6.54 Å². The smallest absolute Gasteiger partial charge is 0.330 e. The molecule has 0 saturated heterocycles. The molecule has 1 unspecified atom stereocenters. The number of carbonyl (C=O) groups excluding carboxylic acids is 2. The lowest BCUT2D eigenvalue weighted by Crippen LogP contribution is -2.42. The van der Waals surface area contributed by atoms with Crippen LogP contribution in [-0.2, 0) is 14.3 Å². The Balaban J connectivity index is 2.62. The molecule has 1 rings (SSSR count). The van der Waals surface area contributed by atoms with E-state index in [1.165, 1.54) is 7.11 Å². The fourth-order valence-electron chi connectivity index (χ4n) is 1.34. The van der Waals surface area contributed by atoms with Gasteiger partial charge in [-0.15, -0.1) is 0 Å². The Hall–Kier alpha value is -2.57. The molecule has 3 N–H and O–H groups in total. The zero-order chi connectivity index (χ0) is 14.3. The number of carboxylic acids is 1. The van der Waals surface area contributed by atoms with Crippen molar-refractivity contribution in [3.8, 4) is 0 Å². The van der Waals surface area contributed by atoms with Crippen LogP contribution in [0.5, 0.6) is 0 Å². The Morgan fingerprint density at radius 3 is 2.42 bits per heavy atom. The molecule has 2 amide bonds. The lowest BCUT2D eigenvalue weighted by Gasteiger charge is -2.15. The lowest BCUT2D eigenvalue weighted by molar-refractivity contribution is -0.139. The Bertz CT molecular complexity index is 460. The van der Waals surface area contributed by atoms with Crippen molar-refractivity contribution in [2.24, 2.45) is 0 Å². The first-order valence-corrected chi connectivity index (χ1v) is 5.43. The van der Waals surface area contributed by atoms with Crippen LogP contribution in [0.25, 0.3) is 0 Å². The summed E-state index contributed by atoms with van der Waals surface area (Å²) in [6.45, 7) is -0.330. The molecule has 0 aliphatic rings. The number of carboxylic acid groups (broad SMARTS) is 1. The molecule has 0 aliphatic heterocycles. The van der Waals surface area contributed by atoms with Crippen LogP contribution in [-0.4, -0.2) is 36.7 Å². The minimum absolute atomic E-state index is 0.330. The Morgan fingerprint density at radius 2 is 1.89 bits per heavy atom. The van der Waals surface area contributed by atoms with Gasteiger partial charge in [0, 0.05) is 0 Å². The number of benzene rings is 1. The van der Waals surface area contributed by atoms with Crippen LogP contribution in [0, 0.1) is 0 Å². The van der Waals surface area contributed by atoms with Crippen LogP contribution < -0.4 is 10.6 Å². The van der Waals surface area contributed by atoms with E-state index in [4.69, 9.17) is 5.11 Å². The minimum atomic E-state index is -1.19. The van der Waals surface area contributed by atoms with Crippen LogP contribution in [0.15, 0.2) is 30.3 Å². The topological polar surface area (TPSA) is 105 Å². The second-order valence-electron chi connectivity index (χ2n) is 3.59. The van der Waals surface area contributed by atoms with Gasteiger partial charge in [-0.2, -0.15) is 0 Å². The summed E-state index contributed by atoms with van der Waals surface area (Å²) in [6.07, 6.45) is 0. The van der Waals surface area contributed by atoms with Crippen molar-refractivity contribution in [3.63, 3.8) is 0 Å². The van der Waals surface area contributed by atoms with Gasteiger partial charge in [-0.3, -0.25) is 4.79 Å². The molecule has 0 heterocycles. The summed E-state index contributed by atoms with van der Waals surface area (Å²) in [5.74, 6) is -1.82. The zero-order valence-electron chi connectivity index (χ0n) is 10.3. The molecule has 0 saturated carbocycles. The minimum Gasteiger partial charge on any atom is -0.479 e. The van der Waals surface area contributed by atoms with Crippen LogP contribution in [0.4, 0.5) is 4.79 Å². The van der Waals surface area contributed by atoms with Gasteiger partial charge in [0.2, 0.25) is 0 Å². The van der Waals surface area contributed by atoms with Crippen LogP contribution in [0.3, 0.4) is 0 Å². The van der Waals surface area contributed by atoms with Crippen molar-refractivity contribution in [1.82, 2.24) is 10.6 Å². The average Bonchev–Trinajstić information content (AvgIpc) is 2.42. The van der Waals surface area contributed by atoms with Gasteiger partial charge >= 0.3 is 18.0 Å². The molecule has 7 nitrogen and oxygen atoms in total. The first-order valence-electron chi connectivity index (χ1n) is 5.43. The van der Waals surface area contributed by atoms with Crippen molar-refractivity contribution in [3.05, 3.63) is 35.9 Å². The quantitative estimate of drug-likeness (QED) is 0.664. The summed E-state index contributed by atoms with van der Waals surface area (Å²) >= 11 is 0. The number of carbonyl (C=O) groups is 3. The van der Waals surface area contributed by atoms with Gasteiger partial charge in [-0.25, -0.2) is 9.59 Å². The molecule has 0 aliphatic carbocycles. The molecule has 0 radical (unpaired) electrons. The van der Waals surface area contributed by atoms with Crippen molar-refractivity contribution in [2.75, 3.05) is 13.7 Å². The average molecular weight is 266 g/mol. The second-order valence-corrected chi connectivity index (χ2v) is 3.59. The van der Waals surface area contributed by atoms with Crippen molar-refractivity contribution in [1.29, 1.82) is 0 Å². The molecule has 1 aromatic carbocycles. The van der Waals surface area contributed by atoms with E-state index in [1.807, 2.05) is 0 Å². The summed E-state index contributed by atoms with van der Waals surface area (Å²) in [6, 6.07) is 6.29. The van der Waals surface area contributed by atoms with Gasteiger partial charge in [0.05, 0.1) is 7.11 Å². The standard InChI is InChI=1S/C12H14N2O5/c1-19-9(15)7-13-12(18)14-10(11(16)17)8-5-3-2-4-6-8/h2-6,10H,7H2,1H3,(H,16,17)(H2,13,14,18). The fourth-order valence-corrected chi connectivity index (χ4v) is 1.34. The Labute approximate surface area is 109 Å². The van der Waals surface area contributed by atoms with E-state index >= 15 is 0 Å². The van der Waals surface area contributed by atoms with Gasteiger partial charge in [0.1, 0.15) is 6.54 Å². The lowest BCUT2D eigenvalue weighted by atomic mass is 10.1. The molecular formula is C12H14N2O5. The normalized spacial score (nSPS) is 11.2. The Morgan fingerprint density at radius 1 is 1.26 bits per heavy atom. The predicted molar refractivity (Wildman–Crippen MR) is 65.4 cm³/mol. The van der Waals surface area contributed by atoms with Crippen LogP contribution in [0.1, 0.15) is 11.6 Å². The number of urea groups is 1. The number of hydrogen-bond donors (Lipinski definition) is 3. The molecule has 1 aromatic rings. The molecule has 1 atom stereocenters. The third kappa shape index (κ3) is 4.66. The third-order valence-corrected chi connectivity index (χ3v) is 2.28. The maximum Gasteiger partial charge on any atom is 0.330 e. The highest BCUT2D eigenvalue weighted by Crippen LogP contribution is 2.12. The summed E-state index contributed by atoms with van der Waals surface area (Å²) in [5.41, 5.74) is 0.434. The number of nitrogens with one attached hydrogen (secondary N) is 2. The predicted octanol–water partition coefficient (Wildman–Crippen LogP) is 0.285. The molecule has 19 heavy (non-hydrogen) atoms. The maximum atomic E-state index is 11.5. The van der Waals surface area contributed by atoms with E-state index < -0.39 is 24.0 Å². The first-order chi connectivity index (χ1) is 9.04. The van der Waals surface area contributed by atoms with E-state index in [1.54, 1.807) is 30.3 Å². The maximum absolute atomic E-state index is 11.5. The van der Waals surface area contributed by atoms with Gasteiger partial charge in [-0.1, -0.05) is 30.3 Å². The largest absolute Gasteiger partial charge is 0.479 e. The van der Waals surface area contributed by atoms with E-state index in [0.29, 0.717) is 5.56 Å². The molecule has 0 spiro atoms. The number of aliphatic carboxylic acids is 1. The van der Waals surface area contributed by atoms with E-state index in [2.05, 4.69) is 15.4 Å². The van der Waals surface area contributed by atoms with Gasteiger partial charge < -0.3 is 20.5 Å². The van der Waals surface area contributed by atoms with Gasteiger partial charge in [0.15, 0.2) is 6.04 Å². The molecule has 102 valence electrons. The van der Waals surface area contributed by atoms with Crippen molar-refractivity contribution >= 4 is 18.0 Å².